The van der Waals surface area contributed by atoms with Crippen LogP contribution in [0.1, 0.15) is 26.3 Å². The second-order valence-electron chi connectivity index (χ2n) is 5.84. The van der Waals surface area contributed by atoms with Crippen molar-refractivity contribution in [1.29, 1.82) is 0 Å². The van der Waals surface area contributed by atoms with Crippen LogP contribution in [0.3, 0.4) is 0 Å². The second kappa shape index (κ2) is 10.2. The molecule has 1 atom stereocenters. The van der Waals surface area contributed by atoms with Crippen LogP contribution in [-0.2, 0) is 20.7 Å². The number of aryl methyl sites for hydroxylation is 1. The summed E-state index contributed by atoms with van der Waals surface area (Å²) in [6, 6.07) is 14.6. The maximum Gasteiger partial charge on any atom is 0.344 e. The van der Waals surface area contributed by atoms with E-state index in [0.717, 1.165) is 6.42 Å². The zero-order valence-electron chi connectivity index (χ0n) is 15.9. The van der Waals surface area contributed by atoms with Gasteiger partial charge in [-0.05, 0) is 50.1 Å². The Balaban J connectivity index is 1.83. The number of benzene rings is 2. The molecular weight excluding hydrogens is 346 g/mol. The van der Waals surface area contributed by atoms with Crippen LogP contribution < -0.4 is 14.8 Å². The summed E-state index contributed by atoms with van der Waals surface area (Å²) in [5.74, 6) is -0.0360. The Kier molecular flexibility index (Phi) is 7.67. The quantitative estimate of drug-likeness (QED) is 0.682. The third-order valence-corrected chi connectivity index (χ3v) is 3.80. The van der Waals surface area contributed by atoms with Gasteiger partial charge in [0.2, 0.25) is 0 Å². The number of carbonyl (C=O) groups is 2. The lowest BCUT2D eigenvalue weighted by molar-refractivity contribution is -0.155. The van der Waals surface area contributed by atoms with Crippen molar-refractivity contribution < 1.29 is 23.8 Å². The summed E-state index contributed by atoms with van der Waals surface area (Å²) in [5.41, 5.74) is 1.83. The molecule has 0 aliphatic rings. The van der Waals surface area contributed by atoms with E-state index in [2.05, 4.69) is 12.2 Å². The molecule has 0 saturated heterocycles. The third-order valence-electron chi connectivity index (χ3n) is 3.80. The number of nitrogens with one attached hydrogen (secondary N) is 1. The first-order valence-corrected chi connectivity index (χ1v) is 8.97. The van der Waals surface area contributed by atoms with Crippen molar-refractivity contribution in [3.8, 4) is 11.5 Å². The summed E-state index contributed by atoms with van der Waals surface area (Å²) in [4.78, 5) is 24.1. The highest BCUT2D eigenvalue weighted by molar-refractivity contribution is 5.95. The van der Waals surface area contributed by atoms with Crippen molar-refractivity contribution in [3.05, 3.63) is 54.1 Å². The third kappa shape index (κ3) is 6.33. The van der Waals surface area contributed by atoms with Gasteiger partial charge in [-0.1, -0.05) is 31.2 Å². The Labute approximate surface area is 159 Å². The minimum atomic E-state index is -0.936. The topological polar surface area (TPSA) is 73.9 Å². The maximum atomic E-state index is 12.2. The molecule has 0 aromatic heterocycles. The molecule has 0 radical (unpaired) electrons. The molecule has 1 amide bonds. The van der Waals surface area contributed by atoms with Gasteiger partial charge >= 0.3 is 5.97 Å². The fraction of sp³-hybridized carbons (Fsp3) is 0.333. The highest BCUT2D eigenvalue weighted by Gasteiger charge is 2.18. The molecule has 0 heterocycles. The largest absolute Gasteiger partial charge is 0.490 e. The Bertz CT molecular complexity index is 757. The summed E-state index contributed by atoms with van der Waals surface area (Å²) in [5, 5.41) is 2.72. The molecule has 0 bridgehead atoms. The Morgan fingerprint density at radius 3 is 2.19 bits per heavy atom. The first-order chi connectivity index (χ1) is 13.0. The highest BCUT2D eigenvalue weighted by atomic mass is 16.6. The van der Waals surface area contributed by atoms with Crippen molar-refractivity contribution >= 4 is 17.6 Å². The van der Waals surface area contributed by atoms with E-state index in [0.29, 0.717) is 23.8 Å². The maximum absolute atomic E-state index is 12.2. The smallest absolute Gasteiger partial charge is 0.344 e. The summed E-state index contributed by atoms with van der Waals surface area (Å²) in [7, 11) is 0. The van der Waals surface area contributed by atoms with Gasteiger partial charge in [0.05, 0.1) is 6.61 Å². The first-order valence-electron chi connectivity index (χ1n) is 8.97. The summed E-state index contributed by atoms with van der Waals surface area (Å²) >= 11 is 0. The van der Waals surface area contributed by atoms with Crippen LogP contribution in [0.15, 0.2) is 48.5 Å². The van der Waals surface area contributed by atoms with Gasteiger partial charge in [0, 0.05) is 5.69 Å². The van der Waals surface area contributed by atoms with E-state index in [1.807, 2.05) is 37.3 Å². The molecule has 2 rings (SSSR count). The molecule has 0 spiro atoms. The zero-order chi connectivity index (χ0) is 19.6. The molecule has 144 valence electrons. The lowest BCUT2D eigenvalue weighted by atomic mass is 10.1. The van der Waals surface area contributed by atoms with Crippen molar-refractivity contribution in [2.45, 2.75) is 33.3 Å². The number of amides is 1. The normalized spacial score (nSPS) is 11.4. The zero-order valence-corrected chi connectivity index (χ0v) is 15.9. The van der Waals surface area contributed by atoms with E-state index in [4.69, 9.17) is 14.2 Å². The van der Waals surface area contributed by atoms with E-state index in [-0.39, 0.29) is 6.61 Å². The number of rotatable bonds is 9. The molecule has 6 heteroatoms. The number of carbonyl (C=O) groups excluding carboxylic acids is 2. The Hall–Kier alpha value is -3.02. The highest BCUT2D eigenvalue weighted by Crippen LogP contribution is 2.26. The summed E-state index contributed by atoms with van der Waals surface area (Å²) in [6.07, 6.45) is -0.0108. The number of hydrogen-bond donors (Lipinski definition) is 1. The van der Waals surface area contributed by atoms with Gasteiger partial charge in [-0.3, -0.25) is 4.79 Å². The van der Waals surface area contributed by atoms with Gasteiger partial charge in [-0.15, -0.1) is 0 Å². The lowest BCUT2D eigenvalue weighted by Gasteiger charge is -2.15. The van der Waals surface area contributed by atoms with Crippen LogP contribution in [0.4, 0.5) is 5.69 Å². The number of anilines is 1. The van der Waals surface area contributed by atoms with Crippen LogP contribution in [0.25, 0.3) is 0 Å². The van der Waals surface area contributed by atoms with Gasteiger partial charge in [-0.2, -0.15) is 0 Å². The number of para-hydroxylation sites is 2. The standard InChI is InChI=1S/C21H25NO5/c1-4-16-10-12-17(13-11-16)22-21(24)15(3)27-20(23)14-26-19-9-7-6-8-18(19)25-5-2/h6-13,15H,4-5,14H2,1-3H3,(H,22,24). The molecule has 0 saturated carbocycles. The van der Waals surface area contributed by atoms with Gasteiger partial charge in [0.25, 0.3) is 5.91 Å². The number of ether oxygens (including phenoxy) is 3. The SMILES string of the molecule is CCOc1ccccc1OCC(=O)OC(C)C(=O)Nc1ccc(CC)cc1. The van der Waals surface area contributed by atoms with E-state index in [1.165, 1.54) is 12.5 Å². The molecule has 27 heavy (non-hydrogen) atoms. The van der Waals surface area contributed by atoms with Gasteiger partial charge in [-0.25, -0.2) is 4.79 Å². The molecule has 6 nitrogen and oxygen atoms in total. The van der Waals surface area contributed by atoms with Crippen molar-refractivity contribution in [2.75, 3.05) is 18.5 Å². The molecule has 2 aromatic carbocycles. The first kappa shape index (κ1) is 20.3. The van der Waals surface area contributed by atoms with Gasteiger partial charge in [0.1, 0.15) is 0 Å². The van der Waals surface area contributed by atoms with Crippen LogP contribution in [-0.4, -0.2) is 31.2 Å². The van der Waals surface area contributed by atoms with Crippen LogP contribution in [0.5, 0.6) is 11.5 Å². The molecule has 0 fully saturated rings. The Morgan fingerprint density at radius 1 is 0.963 bits per heavy atom. The van der Waals surface area contributed by atoms with E-state index in [9.17, 15) is 9.59 Å². The summed E-state index contributed by atoms with van der Waals surface area (Å²) in [6.45, 7) is 5.61. The minimum Gasteiger partial charge on any atom is -0.490 e. The lowest BCUT2D eigenvalue weighted by Crippen LogP contribution is -2.31. The van der Waals surface area contributed by atoms with Gasteiger partial charge in [0.15, 0.2) is 24.2 Å². The molecule has 2 aromatic rings. The predicted molar refractivity (Wildman–Crippen MR) is 103 cm³/mol. The minimum absolute atomic E-state index is 0.313. The molecular formula is C21H25NO5. The number of hydrogen-bond acceptors (Lipinski definition) is 5. The van der Waals surface area contributed by atoms with Gasteiger partial charge < -0.3 is 19.5 Å². The summed E-state index contributed by atoms with van der Waals surface area (Å²) < 4.78 is 16.0. The molecule has 0 aliphatic carbocycles. The van der Waals surface area contributed by atoms with E-state index in [1.54, 1.807) is 18.2 Å². The fourth-order valence-electron chi connectivity index (χ4n) is 2.33. The Morgan fingerprint density at radius 2 is 1.59 bits per heavy atom. The molecule has 1 unspecified atom stereocenters. The number of esters is 1. The van der Waals surface area contributed by atoms with Crippen LogP contribution in [0, 0.1) is 0 Å². The fourth-order valence-corrected chi connectivity index (χ4v) is 2.33. The molecule has 1 N–H and O–H groups in total. The average Bonchev–Trinajstić information content (AvgIpc) is 2.68. The van der Waals surface area contributed by atoms with Crippen molar-refractivity contribution in [3.63, 3.8) is 0 Å². The van der Waals surface area contributed by atoms with Crippen LogP contribution in [0.2, 0.25) is 0 Å². The van der Waals surface area contributed by atoms with E-state index >= 15 is 0 Å². The molecule has 0 aliphatic heterocycles. The van der Waals surface area contributed by atoms with Crippen molar-refractivity contribution in [1.82, 2.24) is 0 Å². The average molecular weight is 371 g/mol. The monoisotopic (exact) mass is 371 g/mol. The second-order valence-corrected chi connectivity index (χ2v) is 5.84. The predicted octanol–water partition coefficient (Wildman–Crippen LogP) is 3.60. The van der Waals surface area contributed by atoms with Crippen LogP contribution >= 0.6 is 0 Å². The van der Waals surface area contributed by atoms with Crippen molar-refractivity contribution in [2.24, 2.45) is 0 Å². The van der Waals surface area contributed by atoms with E-state index < -0.39 is 18.0 Å².